The van der Waals surface area contributed by atoms with Crippen LogP contribution in [0.3, 0.4) is 0 Å². The van der Waals surface area contributed by atoms with Crippen molar-refractivity contribution in [3.8, 4) is 0 Å². The van der Waals surface area contributed by atoms with Crippen molar-refractivity contribution in [2.45, 2.75) is 52.1 Å². The van der Waals surface area contributed by atoms with Gasteiger partial charge in [-0.1, -0.05) is 20.8 Å². The first-order valence-electron chi connectivity index (χ1n) is 5.65. The summed E-state index contributed by atoms with van der Waals surface area (Å²) < 4.78 is 4.75. The summed E-state index contributed by atoms with van der Waals surface area (Å²) in [6.45, 7) is 6.19. The van der Waals surface area contributed by atoms with Gasteiger partial charge in [0.15, 0.2) is 0 Å². The lowest BCUT2D eigenvalue weighted by molar-refractivity contribution is -0.156. The van der Waals surface area contributed by atoms with E-state index < -0.39 is 5.60 Å². The second kappa shape index (κ2) is 4.12. The summed E-state index contributed by atoms with van der Waals surface area (Å²) in [4.78, 5) is 11.6. The van der Waals surface area contributed by atoms with Crippen molar-refractivity contribution < 1.29 is 14.6 Å². The summed E-state index contributed by atoms with van der Waals surface area (Å²) in [6.07, 6.45) is 3.00. The molecule has 15 heavy (non-hydrogen) atoms. The molecular formula is C12H22O3. The van der Waals surface area contributed by atoms with Crippen LogP contribution in [0.2, 0.25) is 0 Å². The zero-order valence-electron chi connectivity index (χ0n) is 10.2. The number of carbonyl (C=O) groups excluding carboxylic acids is 1. The SMILES string of the molecule is CCC(C(=O)OC)C1(O)CCC(C)(C)C1. The quantitative estimate of drug-likeness (QED) is 0.732. The molecule has 0 spiro atoms. The Hall–Kier alpha value is -0.570. The second-order valence-corrected chi connectivity index (χ2v) is 5.43. The Balaban J connectivity index is 2.81. The highest BCUT2D eigenvalue weighted by molar-refractivity contribution is 5.73. The molecule has 3 nitrogen and oxygen atoms in total. The highest BCUT2D eigenvalue weighted by atomic mass is 16.5. The van der Waals surface area contributed by atoms with Gasteiger partial charge >= 0.3 is 5.97 Å². The molecule has 1 aliphatic rings. The van der Waals surface area contributed by atoms with Gasteiger partial charge in [0.2, 0.25) is 0 Å². The normalized spacial score (nSPS) is 31.3. The number of rotatable bonds is 3. The first-order chi connectivity index (χ1) is 6.84. The molecule has 0 aromatic heterocycles. The third kappa shape index (κ3) is 2.51. The van der Waals surface area contributed by atoms with E-state index in [9.17, 15) is 9.90 Å². The first-order valence-corrected chi connectivity index (χ1v) is 5.65. The molecule has 1 N–H and O–H groups in total. The molecule has 2 unspecified atom stereocenters. The average molecular weight is 214 g/mol. The molecule has 2 atom stereocenters. The first kappa shape index (κ1) is 12.5. The monoisotopic (exact) mass is 214 g/mol. The van der Waals surface area contributed by atoms with Gasteiger partial charge in [-0.3, -0.25) is 4.79 Å². The van der Waals surface area contributed by atoms with Crippen molar-refractivity contribution in [3.63, 3.8) is 0 Å². The summed E-state index contributed by atoms with van der Waals surface area (Å²) >= 11 is 0. The summed E-state index contributed by atoms with van der Waals surface area (Å²) in [5, 5.41) is 10.5. The van der Waals surface area contributed by atoms with Crippen LogP contribution in [0.25, 0.3) is 0 Å². The number of esters is 1. The predicted octanol–water partition coefficient (Wildman–Crippen LogP) is 2.13. The molecule has 1 rings (SSSR count). The third-order valence-electron chi connectivity index (χ3n) is 3.56. The number of aliphatic hydroxyl groups is 1. The summed E-state index contributed by atoms with van der Waals surface area (Å²) in [7, 11) is 1.38. The maximum absolute atomic E-state index is 11.6. The molecule has 0 saturated heterocycles. The van der Waals surface area contributed by atoms with Gasteiger partial charge in [0.1, 0.15) is 0 Å². The van der Waals surface area contributed by atoms with Gasteiger partial charge in [-0.05, 0) is 31.1 Å². The molecule has 1 saturated carbocycles. The molecule has 0 amide bonds. The van der Waals surface area contributed by atoms with E-state index in [0.29, 0.717) is 19.3 Å². The number of ether oxygens (including phenoxy) is 1. The van der Waals surface area contributed by atoms with E-state index in [4.69, 9.17) is 4.74 Å². The molecule has 1 aliphatic carbocycles. The van der Waals surface area contributed by atoms with E-state index in [-0.39, 0.29) is 17.3 Å². The molecule has 0 aliphatic heterocycles. The molecule has 1 fully saturated rings. The third-order valence-corrected chi connectivity index (χ3v) is 3.56. The Morgan fingerprint density at radius 2 is 2.07 bits per heavy atom. The molecule has 3 heteroatoms. The predicted molar refractivity (Wildman–Crippen MR) is 58.4 cm³/mol. The van der Waals surface area contributed by atoms with Gasteiger partial charge < -0.3 is 9.84 Å². The zero-order valence-corrected chi connectivity index (χ0v) is 10.2. The van der Waals surface area contributed by atoms with Crippen LogP contribution in [-0.2, 0) is 9.53 Å². The van der Waals surface area contributed by atoms with Gasteiger partial charge in [-0.15, -0.1) is 0 Å². The van der Waals surface area contributed by atoms with Gasteiger partial charge in [-0.2, -0.15) is 0 Å². The number of carbonyl (C=O) groups is 1. The largest absolute Gasteiger partial charge is 0.469 e. The average Bonchev–Trinajstić information content (AvgIpc) is 2.42. The Labute approximate surface area is 91.8 Å². The minimum atomic E-state index is -0.856. The molecule has 0 radical (unpaired) electrons. The molecule has 0 heterocycles. The summed E-state index contributed by atoms with van der Waals surface area (Å²) in [5.74, 6) is -0.651. The highest BCUT2D eigenvalue weighted by Crippen LogP contribution is 2.47. The van der Waals surface area contributed by atoms with Crippen molar-refractivity contribution in [3.05, 3.63) is 0 Å². The van der Waals surface area contributed by atoms with Crippen molar-refractivity contribution in [2.75, 3.05) is 7.11 Å². The van der Waals surface area contributed by atoms with Crippen molar-refractivity contribution >= 4 is 5.97 Å². The lowest BCUT2D eigenvalue weighted by atomic mass is 9.80. The van der Waals surface area contributed by atoms with E-state index in [1.807, 2.05) is 6.92 Å². The fourth-order valence-electron chi connectivity index (χ4n) is 2.77. The minimum Gasteiger partial charge on any atom is -0.469 e. The Kier molecular flexibility index (Phi) is 3.44. The Morgan fingerprint density at radius 1 is 1.47 bits per heavy atom. The van der Waals surface area contributed by atoms with E-state index >= 15 is 0 Å². The standard InChI is InChI=1S/C12H22O3/c1-5-9(10(13)15-4)12(14)7-6-11(2,3)8-12/h9,14H,5-8H2,1-4H3. The van der Waals surface area contributed by atoms with Gasteiger partial charge in [-0.25, -0.2) is 0 Å². The zero-order chi connectivity index (χ0) is 11.7. The Morgan fingerprint density at radius 3 is 2.40 bits per heavy atom. The number of hydrogen-bond donors (Lipinski definition) is 1. The topological polar surface area (TPSA) is 46.5 Å². The lowest BCUT2D eigenvalue weighted by Crippen LogP contribution is -2.41. The van der Waals surface area contributed by atoms with E-state index in [1.54, 1.807) is 0 Å². The van der Waals surface area contributed by atoms with Gasteiger partial charge in [0.05, 0.1) is 18.6 Å². The maximum Gasteiger partial charge on any atom is 0.311 e. The van der Waals surface area contributed by atoms with Gasteiger partial charge in [0, 0.05) is 0 Å². The van der Waals surface area contributed by atoms with Crippen LogP contribution in [-0.4, -0.2) is 23.8 Å². The van der Waals surface area contributed by atoms with E-state index in [2.05, 4.69) is 13.8 Å². The smallest absolute Gasteiger partial charge is 0.311 e. The van der Waals surface area contributed by atoms with Crippen molar-refractivity contribution in [2.24, 2.45) is 11.3 Å². The molecule has 0 aromatic carbocycles. The summed E-state index contributed by atoms with van der Waals surface area (Å²) in [5.41, 5.74) is -0.721. The number of hydrogen-bond acceptors (Lipinski definition) is 3. The maximum atomic E-state index is 11.6. The fourth-order valence-corrected chi connectivity index (χ4v) is 2.77. The van der Waals surface area contributed by atoms with E-state index in [1.165, 1.54) is 7.11 Å². The van der Waals surface area contributed by atoms with E-state index in [0.717, 1.165) is 6.42 Å². The second-order valence-electron chi connectivity index (χ2n) is 5.43. The fraction of sp³-hybridized carbons (Fsp3) is 0.917. The van der Waals surface area contributed by atoms with Crippen LogP contribution in [0.1, 0.15) is 46.5 Å². The van der Waals surface area contributed by atoms with Crippen LogP contribution in [0, 0.1) is 11.3 Å². The van der Waals surface area contributed by atoms with Crippen molar-refractivity contribution in [1.29, 1.82) is 0 Å². The van der Waals surface area contributed by atoms with Crippen LogP contribution in [0.5, 0.6) is 0 Å². The minimum absolute atomic E-state index is 0.135. The van der Waals surface area contributed by atoms with Crippen LogP contribution in [0.4, 0.5) is 0 Å². The van der Waals surface area contributed by atoms with Crippen LogP contribution >= 0.6 is 0 Å². The van der Waals surface area contributed by atoms with Gasteiger partial charge in [0.25, 0.3) is 0 Å². The lowest BCUT2D eigenvalue weighted by Gasteiger charge is -2.31. The molecule has 0 bridgehead atoms. The van der Waals surface area contributed by atoms with Crippen molar-refractivity contribution in [1.82, 2.24) is 0 Å². The molecule has 88 valence electrons. The van der Waals surface area contributed by atoms with Crippen LogP contribution in [0.15, 0.2) is 0 Å². The molecular weight excluding hydrogens is 192 g/mol. The Bertz CT molecular complexity index is 247. The summed E-state index contributed by atoms with van der Waals surface area (Å²) in [6, 6.07) is 0. The highest BCUT2D eigenvalue weighted by Gasteiger charge is 2.49. The van der Waals surface area contributed by atoms with Crippen LogP contribution < -0.4 is 0 Å². The molecule has 0 aromatic rings. The number of methoxy groups -OCH3 is 1.